The monoisotopic (exact) mass is 592 g/mol. The standard InChI is InChI=1S/C33H37ClO6Si/c1-6-14-28(35)40-33(5)30(36)27-22-38-23(21-26(27)29(34)31(33)37)15-13-20-39-41(32(2,3)4,24-16-9-7-10-17-24)25-18-11-8-12-19-25/h7-12,16-19,21-22H,6,13-15,20H2,1-5H3/t33-/m0/s1. The molecule has 1 aliphatic carbocycles. The number of allylic oxidation sites excluding steroid dienone is 3. The van der Waals surface area contributed by atoms with Gasteiger partial charge in [-0.25, -0.2) is 0 Å². The average molecular weight is 593 g/mol. The molecule has 1 heterocycles. The van der Waals surface area contributed by atoms with Gasteiger partial charge in [0.15, 0.2) is 0 Å². The molecule has 41 heavy (non-hydrogen) atoms. The highest BCUT2D eigenvalue weighted by molar-refractivity contribution is 6.99. The molecule has 0 aromatic heterocycles. The topological polar surface area (TPSA) is 78.9 Å². The van der Waals surface area contributed by atoms with Crippen molar-refractivity contribution in [1.82, 2.24) is 0 Å². The summed E-state index contributed by atoms with van der Waals surface area (Å²) in [7, 11) is -2.66. The van der Waals surface area contributed by atoms with E-state index in [4.69, 9.17) is 25.5 Å². The summed E-state index contributed by atoms with van der Waals surface area (Å²) in [5.74, 6) is -1.43. The van der Waals surface area contributed by atoms with Crippen LogP contribution in [0.3, 0.4) is 0 Å². The van der Waals surface area contributed by atoms with Crippen molar-refractivity contribution in [1.29, 1.82) is 0 Å². The van der Waals surface area contributed by atoms with Crippen LogP contribution in [0.15, 0.2) is 94.9 Å². The first-order valence-corrected chi connectivity index (χ1v) is 16.3. The van der Waals surface area contributed by atoms with Crippen molar-refractivity contribution in [2.75, 3.05) is 6.61 Å². The Balaban J connectivity index is 1.53. The lowest BCUT2D eigenvalue weighted by Crippen LogP contribution is -2.66. The second-order valence-corrected chi connectivity index (χ2v) is 16.2. The molecule has 6 nitrogen and oxygen atoms in total. The molecule has 0 bridgehead atoms. The number of carbonyl (C=O) groups is 3. The summed E-state index contributed by atoms with van der Waals surface area (Å²) in [5, 5.41) is 2.13. The molecule has 2 aromatic carbocycles. The van der Waals surface area contributed by atoms with E-state index in [1.807, 2.05) is 19.1 Å². The van der Waals surface area contributed by atoms with Crippen LogP contribution in [-0.2, 0) is 28.3 Å². The summed E-state index contributed by atoms with van der Waals surface area (Å²) in [6, 6.07) is 20.9. The van der Waals surface area contributed by atoms with Gasteiger partial charge >= 0.3 is 5.97 Å². The summed E-state index contributed by atoms with van der Waals surface area (Å²) in [6.45, 7) is 10.3. The van der Waals surface area contributed by atoms with Crippen LogP contribution in [0.5, 0.6) is 0 Å². The van der Waals surface area contributed by atoms with Gasteiger partial charge in [-0.1, -0.05) is 100.0 Å². The number of esters is 1. The Kier molecular flexibility index (Phi) is 9.21. The molecule has 2 aliphatic rings. The minimum absolute atomic E-state index is 0.0971. The Morgan fingerprint density at radius 3 is 2.10 bits per heavy atom. The van der Waals surface area contributed by atoms with Gasteiger partial charge in [0.1, 0.15) is 12.0 Å². The third-order valence-electron chi connectivity index (χ3n) is 7.55. The van der Waals surface area contributed by atoms with E-state index in [1.165, 1.54) is 23.6 Å². The quantitative estimate of drug-likeness (QED) is 0.148. The van der Waals surface area contributed by atoms with Crippen LogP contribution in [0.25, 0.3) is 0 Å². The lowest BCUT2D eigenvalue weighted by Gasteiger charge is -2.43. The van der Waals surface area contributed by atoms with E-state index >= 15 is 0 Å². The smallest absolute Gasteiger partial charge is 0.307 e. The summed E-state index contributed by atoms with van der Waals surface area (Å²) < 4.78 is 18.1. The highest BCUT2D eigenvalue weighted by Crippen LogP contribution is 2.40. The van der Waals surface area contributed by atoms with E-state index < -0.39 is 31.5 Å². The Hall–Kier alpha value is -3.26. The SMILES string of the molecule is CCCC(=O)O[C@@]1(C)C(=O)C2=COC(CCCO[Si](c3ccccc3)(c3ccccc3)C(C)(C)C)=CC2=C(Cl)C1=O. The normalized spacial score (nSPS) is 19.3. The van der Waals surface area contributed by atoms with Gasteiger partial charge in [0.25, 0.3) is 8.32 Å². The minimum Gasteiger partial charge on any atom is -0.469 e. The van der Waals surface area contributed by atoms with Gasteiger partial charge < -0.3 is 13.9 Å². The van der Waals surface area contributed by atoms with E-state index in [0.29, 0.717) is 37.2 Å². The van der Waals surface area contributed by atoms with Crippen LogP contribution in [0.2, 0.25) is 5.04 Å². The minimum atomic E-state index is -2.66. The summed E-state index contributed by atoms with van der Waals surface area (Å²) in [6.07, 6.45) is 4.73. The number of hydrogen-bond donors (Lipinski definition) is 0. The van der Waals surface area contributed by atoms with Crippen LogP contribution >= 0.6 is 11.6 Å². The number of benzene rings is 2. The number of fused-ring (bicyclic) bond motifs is 1. The lowest BCUT2D eigenvalue weighted by molar-refractivity contribution is -0.169. The van der Waals surface area contributed by atoms with Crippen molar-refractivity contribution in [3.05, 3.63) is 94.9 Å². The maximum atomic E-state index is 13.2. The van der Waals surface area contributed by atoms with Gasteiger partial charge in [0.05, 0.1) is 10.6 Å². The van der Waals surface area contributed by atoms with Crippen molar-refractivity contribution >= 4 is 47.8 Å². The second-order valence-electron chi connectivity index (χ2n) is 11.5. The number of hydrogen-bond acceptors (Lipinski definition) is 6. The zero-order chi connectivity index (χ0) is 29.8. The number of rotatable bonds is 10. The molecule has 8 heteroatoms. The molecule has 0 saturated carbocycles. The van der Waals surface area contributed by atoms with Gasteiger partial charge in [-0.2, -0.15) is 0 Å². The molecular weight excluding hydrogens is 556 g/mol. The van der Waals surface area contributed by atoms with Gasteiger partial charge in [-0.15, -0.1) is 0 Å². The van der Waals surface area contributed by atoms with E-state index in [-0.39, 0.29) is 22.1 Å². The molecule has 0 amide bonds. The predicted molar refractivity (Wildman–Crippen MR) is 162 cm³/mol. The Morgan fingerprint density at radius 2 is 1.56 bits per heavy atom. The molecule has 0 radical (unpaired) electrons. The fraction of sp³-hybridized carbons (Fsp3) is 0.364. The van der Waals surface area contributed by atoms with Crippen LogP contribution in [-0.4, -0.2) is 38.1 Å². The molecule has 1 atom stereocenters. The van der Waals surface area contributed by atoms with E-state index in [9.17, 15) is 14.4 Å². The number of halogens is 1. The van der Waals surface area contributed by atoms with Crippen LogP contribution in [0.1, 0.15) is 60.3 Å². The second kappa shape index (κ2) is 12.3. The molecule has 0 unspecified atom stereocenters. The van der Waals surface area contributed by atoms with Crippen molar-refractivity contribution < 1.29 is 28.3 Å². The summed E-state index contributed by atoms with van der Waals surface area (Å²) in [4.78, 5) is 38.5. The lowest BCUT2D eigenvalue weighted by atomic mass is 9.80. The molecule has 0 saturated heterocycles. The van der Waals surface area contributed by atoms with Crippen LogP contribution < -0.4 is 10.4 Å². The molecule has 4 rings (SSSR count). The van der Waals surface area contributed by atoms with Gasteiger partial charge in [0, 0.05) is 25.0 Å². The molecule has 0 N–H and O–H groups in total. The highest BCUT2D eigenvalue weighted by Gasteiger charge is 2.53. The first-order chi connectivity index (χ1) is 19.5. The number of ether oxygens (including phenoxy) is 2. The van der Waals surface area contributed by atoms with Crippen LogP contribution in [0, 0.1) is 0 Å². The van der Waals surface area contributed by atoms with Gasteiger partial charge in [-0.3, -0.25) is 14.4 Å². The number of Topliss-reactive ketones (excluding diaryl/α,β-unsaturated/α-hetero) is 2. The predicted octanol–water partition coefficient (Wildman–Crippen LogP) is 5.89. The van der Waals surface area contributed by atoms with Crippen LogP contribution in [0.4, 0.5) is 0 Å². The van der Waals surface area contributed by atoms with Crippen molar-refractivity contribution in [2.45, 2.75) is 70.9 Å². The molecule has 2 aromatic rings. The highest BCUT2D eigenvalue weighted by atomic mass is 35.5. The fourth-order valence-electron chi connectivity index (χ4n) is 5.46. The molecule has 216 valence electrons. The van der Waals surface area contributed by atoms with Crippen molar-refractivity contribution in [2.24, 2.45) is 0 Å². The largest absolute Gasteiger partial charge is 0.469 e. The molecular formula is C33H37ClO6Si. The Bertz CT molecular complexity index is 1360. The fourth-order valence-corrected chi connectivity index (χ4v) is 10.4. The molecule has 0 spiro atoms. The zero-order valence-electron chi connectivity index (χ0n) is 24.3. The van der Waals surface area contributed by atoms with Gasteiger partial charge in [0.2, 0.25) is 17.2 Å². The average Bonchev–Trinajstić information content (AvgIpc) is 2.95. The van der Waals surface area contributed by atoms with E-state index in [0.717, 1.165) is 0 Å². The zero-order valence-corrected chi connectivity index (χ0v) is 26.0. The van der Waals surface area contributed by atoms with E-state index in [2.05, 4.69) is 69.3 Å². The number of ketones is 2. The van der Waals surface area contributed by atoms with Gasteiger partial charge in [-0.05, 0) is 41.3 Å². The van der Waals surface area contributed by atoms with Crippen molar-refractivity contribution in [3.63, 3.8) is 0 Å². The molecule has 0 fully saturated rings. The third-order valence-corrected chi connectivity index (χ3v) is 13.0. The van der Waals surface area contributed by atoms with Crippen molar-refractivity contribution in [3.8, 4) is 0 Å². The maximum Gasteiger partial charge on any atom is 0.307 e. The number of carbonyl (C=O) groups excluding carboxylic acids is 3. The first-order valence-electron chi connectivity index (χ1n) is 14.0. The first kappa shape index (κ1) is 30.7. The maximum absolute atomic E-state index is 13.2. The Labute approximate surface area is 248 Å². The summed E-state index contributed by atoms with van der Waals surface area (Å²) >= 11 is 6.45. The van der Waals surface area contributed by atoms with E-state index in [1.54, 1.807) is 6.08 Å². The third kappa shape index (κ3) is 5.89. The molecule has 1 aliphatic heterocycles. The Morgan fingerprint density at radius 1 is 0.976 bits per heavy atom. The summed E-state index contributed by atoms with van der Waals surface area (Å²) in [5.41, 5.74) is -1.59.